The molecule has 2 N–H and O–H groups in total. The van der Waals surface area contributed by atoms with Gasteiger partial charge >= 0.3 is 0 Å². The number of carbonyl (C=O) groups is 1. The Hall–Kier alpha value is -2.53. The summed E-state index contributed by atoms with van der Waals surface area (Å²) in [6.07, 6.45) is 1.34. The van der Waals surface area contributed by atoms with Crippen molar-refractivity contribution in [3.05, 3.63) is 59.2 Å². The van der Waals surface area contributed by atoms with Crippen LogP contribution in [0.5, 0.6) is 11.5 Å². The summed E-state index contributed by atoms with van der Waals surface area (Å²) in [4.78, 5) is 14.6. The molecule has 132 valence electrons. The number of nitrogens with two attached hydrogens (primary N) is 1. The predicted molar refractivity (Wildman–Crippen MR) is 96.8 cm³/mol. The molecular weight excluding hydrogens is 316 g/mol. The normalized spacial score (nSPS) is 14.6. The van der Waals surface area contributed by atoms with Crippen molar-refractivity contribution in [1.29, 1.82) is 0 Å². The molecule has 2 aromatic rings. The number of hydrogen-bond donors (Lipinski definition) is 1. The van der Waals surface area contributed by atoms with Gasteiger partial charge in [-0.2, -0.15) is 0 Å². The second-order valence-electron chi connectivity index (χ2n) is 6.28. The van der Waals surface area contributed by atoms with Crippen LogP contribution in [0.15, 0.2) is 42.5 Å². The Kier molecular flexibility index (Phi) is 5.24. The number of fused-ring (bicyclic) bond motifs is 1. The lowest BCUT2D eigenvalue weighted by molar-refractivity contribution is -0.133. The fraction of sp³-hybridized carbons (Fsp3) is 0.350. The van der Waals surface area contributed by atoms with E-state index in [4.69, 9.17) is 15.2 Å². The topological polar surface area (TPSA) is 64.8 Å². The number of amides is 1. The fourth-order valence-electron chi connectivity index (χ4n) is 3.26. The number of ether oxygens (including phenoxy) is 2. The average Bonchev–Trinajstić information content (AvgIpc) is 2.66. The Labute approximate surface area is 148 Å². The molecule has 5 nitrogen and oxygen atoms in total. The maximum absolute atomic E-state index is 12.7. The highest BCUT2D eigenvalue weighted by Crippen LogP contribution is 2.33. The summed E-state index contributed by atoms with van der Waals surface area (Å²) >= 11 is 0. The van der Waals surface area contributed by atoms with Gasteiger partial charge in [-0.3, -0.25) is 4.79 Å². The molecule has 0 aromatic heterocycles. The number of nitrogens with zero attached hydrogens (tertiary/aromatic N) is 1. The van der Waals surface area contributed by atoms with E-state index in [2.05, 4.69) is 0 Å². The van der Waals surface area contributed by atoms with Gasteiger partial charge in [-0.1, -0.05) is 30.3 Å². The number of carbonyl (C=O) groups excluding carboxylic acids is 1. The summed E-state index contributed by atoms with van der Waals surface area (Å²) in [6.45, 7) is 1.22. The lowest BCUT2D eigenvalue weighted by atomic mass is 9.97. The van der Waals surface area contributed by atoms with Gasteiger partial charge in [-0.25, -0.2) is 0 Å². The van der Waals surface area contributed by atoms with Gasteiger partial charge in [0.1, 0.15) is 0 Å². The molecule has 0 saturated heterocycles. The van der Waals surface area contributed by atoms with Crippen molar-refractivity contribution in [1.82, 2.24) is 4.90 Å². The lowest BCUT2D eigenvalue weighted by Crippen LogP contribution is -2.46. The molecule has 0 spiro atoms. The van der Waals surface area contributed by atoms with E-state index in [9.17, 15) is 4.79 Å². The molecule has 1 aliphatic rings. The van der Waals surface area contributed by atoms with Crippen LogP contribution < -0.4 is 15.2 Å². The first-order chi connectivity index (χ1) is 12.1. The standard InChI is InChI=1S/C20H24N2O3/c1-24-18-11-15-8-9-22(13-16(15)12-19(18)25-2)20(23)17(21)10-14-6-4-3-5-7-14/h3-7,11-12,17H,8-10,13,21H2,1-2H3. The smallest absolute Gasteiger partial charge is 0.240 e. The molecule has 1 atom stereocenters. The number of methoxy groups -OCH3 is 2. The van der Waals surface area contributed by atoms with E-state index in [0.717, 1.165) is 23.3 Å². The number of hydrogen-bond acceptors (Lipinski definition) is 4. The predicted octanol–water partition coefficient (Wildman–Crippen LogP) is 2.16. The van der Waals surface area contributed by atoms with Crippen LogP contribution in [-0.2, 0) is 24.2 Å². The van der Waals surface area contributed by atoms with Gasteiger partial charge in [0.25, 0.3) is 0 Å². The second kappa shape index (κ2) is 7.57. The summed E-state index contributed by atoms with van der Waals surface area (Å²) in [5, 5.41) is 0. The maximum Gasteiger partial charge on any atom is 0.240 e. The summed E-state index contributed by atoms with van der Waals surface area (Å²) < 4.78 is 10.7. The first-order valence-electron chi connectivity index (χ1n) is 8.44. The molecule has 2 aromatic carbocycles. The van der Waals surface area contributed by atoms with Crippen LogP contribution in [0.4, 0.5) is 0 Å². The van der Waals surface area contributed by atoms with E-state index in [-0.39, 0.29) is 5.91 Å². The molecule has 0 radical (unpaired) electrons. The minimum absolute atomic E-state index is 0.00992. The Morgan fingerprint density at radius 1 is 1.12 bits per heavy atom. The van der Waals surface area contributed by atoms with E-state index in [1.54, 1.807) is 14.2 Å². The summed E-state index contributed by atoms with van der Waals surface area (Å²) in [6, 6.07) is 13.3. The molecule has 1 heterocycles. The van der Waals surface area contributed by atoms with Crippen LogP contribution in [-0.4, -0.2) is 37.6 Å². The fourth-order valence-corrected chi connectivity index (χ4v) is 3.26. The SMILES string of the molecule is COc1cc2c(cc1OC)CN(C(=O)C(N)Cc1ccccc1)CC2. The van der Waals surface area contributed by atoms with Crippen LogP contribution in [0.1, 0.15) is 16.7 Å². The van der Waals surface area contributed by atoms with Crippen molar-refractivity contribution < 1.29 is 14.3 Å². The van der Waals surface area contributed by atoms with Crippen LogP contribution in [0.2, 0.25) is 0 Å². The zero-order chi connectivity index (χ0) is 17.8. The molecule has 3 rings (SSSR count). The van der Waals surface area contributed by atoms with Crippen molar-refractivity contribution in [3.63, 3.8) is 0 Å². The molecule has 0 fully saturated rings. The van der Waals surface area contributed by atoms with Gasteiger partial charge in [0.2, 0.25) is 5.91 Å². The zero-order valence-corrected chi connectivity index (χ0v) is 14.7. The summed E-state index contributed by atoms with van der Waals surface area (Å²) in [5.74, 6) is 1.40. The van der Waals surface area contributed by atoms with Crippen molar-refractivity contribution in [2.75, 3.05) is 20.8 Å². The molecule has 25 heavy (non-hydrogen) atoms. The molecule has 1 amide bonds. The minimum atomic E-state index is -0.524. The Morgan fingerprint density at radius 3 is 2.40 bits per heavy atom. The first kappa shape index (κ1) is 17.3. The van der Waals surface area contributed by atoms with Gasteiger partial charge in [0.05, 0.1) is 20.3 Å². The molecule has 1 unspecified atom stereocenters. The van der Waals surface area contributed by atoms with Crippen molar-refractivity contribution in [2.45, 2.75) is 25.4 Å². The third-order valence-electron chi connectivity index (χ3n) is 4.65. The number of rotatable bonds is 5. The summed E-state index contributed by atoms with van der Waals surface area (Å²) in [5.41, 5.74) is 9.52. The quantitative estimate of drug-likeness (QED) is 0.906. The van der Waals surface area contributed by atoms with Gasteiger partial charge in [0.15, 0.2) is 11.5 Å². The highest BCUT2D eigenvalue weighted by molar-refractivity contribution is 5.82. The van der Waals surface area contributed by atoms with Gasteiger partial charge in [-0.05, 0) is 41.7 Å². The highest BCUT2D eigenvalue weighted by Gasteiger charge is 2.26. The maximum atomic E-state index is 12.7. The van der Waals surface area contributed by atoms with Gasteiger partial charge in [-0.15, -0.1) is 0 Å². The van der Waals surface area contributed by atoms with Crippen LogP contribution in [0, 0.1) is 0 Å². The Balaban J connectivity index is 1.72. The summed E-state index contributed by atoms with van der Waals surface area (Å²) in [7, 11) is 3.25. The molecular formula is C20H24N2O3. The third-order valence-corrected chi connectivity index (χ3v) is 4.65. The Bertz CT molecular complexity index is 746. The molecule has 1 aliphatic heterocycles. The van der Waals surface area contributed by atoms with E-state index < -0.39 is 6.04 Å². The van der Waals surface area contributed by atoms with Crippen LogP contribution in [0.3, 0.4) is 0 Å². The van der Waals surface area contributed by atoms with Gasteiger partial charge in [0, 0.05) is 13.1 Å². The van der Waals surface area contributed by atoms with Gasteiger partial charge < -0.3 is 20.1 Å². The number of benzene rings is 2. The molecule has 0 saturated carbocycles. The average molecular weight is 340 g/mol. The first-order valence-corrected chi connectivity index (χ1v) is 8.44. The van der Waals surface area contributed by atoms with Crippen molar-refractivity contribution in [2.24, 2.45) is 5.73 Å². The molecule has 0 aliphatic carbocycles. The lowest BCUT2D eigenvalue weighted by Gasteiger charge is -2.31. The van der Waals surface area contributed by atoms with Crippen molar-refractivity contribution >= 4 is 5.91 Å². The highest BCUT2D eigenvalue weighted by atomic mass is 16.5. The molecule has 0 bridgehead atoms. The van der Waals surface area contributed by atoms with E-state index in [0.29, 0.717) is 25.3 Å². The monoisotopic (exact) mass is 340 g/mol. The minimum Gasteiger partial charge on any atom is -0.493 e. The largest absolute Gasteiger partial charge is 0.493 e. The Morgan fingerprint density at radius 2 is 1.76 bits per heavy atom. The molecule has 5 heteroatoms. The second-order valence-corrected chi connectivity index (χ2v) is 6.28. The van der Waals surface area contributed by atoms with Crippen LogP contribution in [0.25, 0.3) is 0 Å². The van der Waals surface area contributed by atoms with E-state index in [1.165, 1.54) is 5.56 Å². The van der Waals surface area contributed by atoms with E-state index >= 15 is 0 Å². The van der Waals surface area contributed by atoms with E-state index in [1.807, 2.05) is 47.4 Å². The third kappa shape index (κ3) is 3.77. The van der Waals surface area contributed by atoms with Crippen LogP contribution >= 0.6 is 0 Å². The zero-order valence-electron chi connectivity index (χ0n) is 14.7. The van der Waals surface area contributed by atoms with Crippen molar-refractivity contribution in [3.8, 4) is 11.5 Å².